The number of hydrogen-bond donors (Lipinski definition) is 0. The molecule has 0 unspecified atom stereocenters. The van der Waals surface area contributed by atoms with Crippen molar-refractivity contribution in [1.82, 2.24) is 0 Å². The van der Waals surface area contributed by atoms with Crippen LogP contribution < -0.4 is 0 Å². The summed E-state index contributed by atoms with van der Waals surface area (Å²) < 4.78 is 11.0. The second-order valence-electron chi connectivity index (χ2n) is 5.64. The third-order valence-electron chi connectivity index (χ3n) is 4.05. The van der Waals surface area contributed by atoms with Crippen LogP contribution >= 0.6 is 0 Å². The van der Waals surface area contributed by atoms with Crippen molar-refractivity contribution in [1.29, 1.82) is 0 Å². The molecule has 2 fully saturated rings. The van der Waals surface area contributed by atoms with Crippen molar-refractivity contribution in [2.24, 2.45) is 5.92 Å². The molecular weight excluding hydrogens is 246 g/mol. The summed E-state index contributed by atoms with van der Waals surface area (Å²) in [5.41, 5.74) is 0.326. The van der Waals surface area contributed by atoms with Crippen LogP contribution in [0.25, 0.3) is 0 Å². The van der Waals surface area contributed by atoms with Gasteiger partial charge in [0.05, 0.1) is 18.1 Å². The summed E-state index contributed by atoms with van der Waals surface area (Å²) >= 11 is 0. The number of nitrogens with zero attached hydrogens (tertiary/aromatic N) is 1. The molecule has 1 saturated heterocycles. The number of allylic oxidation sites excluding steroid dienone is 2. The van der Waals surface area contributed by atoms with Gasteiger partial charge in [0.25, 0.3) is 0 Å². The average Bonchev–Trinajstić information content (AvgIpc) is 2.83. The monoisotopic (exact) mass is 269 g/mol. The van der Waals surface area contributed by atoms with E-state index in [-0.39, 0.29) is 4.92 Å². The van der Waals surface area contributed by atoms with Gasteiger partial charge < -0.3 is 9.47 Å². The van der Waals surface area contributed by atoms with Gasteiger partial charge in [-0.05, 0) is 31.8 Å². The molecule has 1 aliphatic carbocycles. The van der Waals surface area contributed by atoms with Crippen molar-refractivity contribution in [2.75, 3.05) is 13.2 Å². The molecule has 0 bridgehead atoms. The van der Waals surface area contributed by atoms with E-state index in [1.54, 1.807) is 0 Å². The lowest BCUT2D eigenvalue weighted by Gasteiger charge is -2.22. The molecule has 1 heterocycles. The quantitative estimate of drug-likeness (QED) is 0.567. The van der Waals surface area contributed by atoms with Crippen LogP contribution in [-0.4, -0.2) is 23.9 Å². The van der Waals surface area contributed by atoms with Gasteiger partial charge in [0.15, 0.2) is 5.79 Å². The van der Waals surface area contributed by atoms with Crippen LogP contribution in [0.1, 0.15) is 51.9 Å². The maximum absolute atomic E-state index is 11.1. The van der Waals surface area contributed by atoms with Gasteiger partial charge in [-0.25, -0.2) is 0 Å². The molecule has 2 rings (SSSR count). The maximum Gasteiger partial charge on any atom is 0.242 e. The van der Waals surface area contributed by atoms with E-state index in [0.29, 0.717) is 37.7 Å². The first-order valence-electron chi connectivity index (χ1n) is 7.22. The van der Waals surface area contributed by atoms with Crippen molar-refractivity contribution in [2.45, 2.75) is 57.7 Å². The van der Waals surface area contributed by atoms with E-state index in [9.17, 15) is 10.1 Å². The summed E-state index contributed by atoms with van der Waals surface area (Å²) in [7, 11) is 0. The van der Waals surface area contributed by atoms with Gasteiger partial charge >= 0.3 is 0 Å². The van der Waals surface area contributed by atoms with E-state index >= 15 is 0 Å². The Kier molecular flexibility index (Phi) is 4.93. The predicted molar refractivity (Wildman–Crippen MR) is 71.2 cm³/mol. The summed E-state index contributed by atoms with van der Waals surface area (Å²) in [5, 5.41) is 11.1. The van der Waals surface area contributed by atoms with Gasteiger partial charge in [-0.1, -0.05) is 19.3 Å². The Morgan fingerprint density at radius 1 is 1.32 bits per heavy atom. The number of nitro groups is 1. The van der Waals surface area contributed by atoms with E-state index in [0.717, 1.165) is 12.8 Å². The Morgan fingerprint density at radius 2 is 1.95 bits per heavy atom. The normalized spacial score (nSPS) is 24.6. The van der Waals surface area contributed by atoms with E-state index in [2.05, 4.69) is 0 Å². The van der Waals surface area contributed by atoms with E-state index < -0.39 is 5.79 Å². The molecular formula is C14H23NO4. The molecule has 19 heavy (non-hydrogen) atoms. The van der Waals surface area contributed by atoms with Gasteiger partial charge in [-0.3, -0.25) is 10.1 Å². The molecule has 0 spiro atoms. The lowest BCUT2D eigenvalue weighted by Crippen LogP contribution is -2.26. The number of hydrogen-bond acceptors (Lipinski definition) is 4. The fourth-order valence-electron chi connectivity index (χ4n) is 2.86. The smallest absolute Gasteiger partial charge is 0.242 e. The molecule has 1 aliphatic heterocycles. The second-order valence-corrected chi connectivity index (χ2v) is 5.64. The molecule has 5 nitrogen and oxygen atoms in total. The Balaban J connectivity index is 1.91. The van der Waals surface area contributed by atoms with Crippen LogP contribution in [0.2, 0.25) is 0 Å². The zero-order valence-corrected chi connectivity index (χ0v) is 11.6. The number of rotatable bonds is 5. The molecule has 0 amide bonds. The minimum Gasteiger partial charge on any atom is -0.348 e. The molecule has 108 valence electrons. The molecule has 0 aromatic carbocycles. The fraction of sp³-hybridized carbons (Fsp3) is 0.857. The van der Waals surface area contributed by atoms with Crippen LogP contribution in [0.3, 0.4) is 0 Å². The van der Waals surface area contributed by atoms with Crippen LogP contribution in [-0.2, 0) is 9.47 Å². The van der Waals surface area contributed by atoms with Crippen LogP contribution in [0.5, 0.6) is 0 Å². The molecule has 0 N–H and O–H groups in total. The largest absolute Gasteiger partial charge is 0.348 e. The first-order chi connectivity index (χ1) is 9.09. The Labute approximate surface area is 114 Å². The maximum atomic E-state index is 11.1. The Morgan fingerprint density at radius 3 is 2.53 bits per heavy atom. The highest BCUT2D eigenvalue weighted by Crippen LogP contribution is 2.29. The van der Waals surface area contributed by atoms with Crippen molar-refractivity contribution < 1.29 is 14.4 Å². The van der Waals surface area contributed by atoms with Gasteiger partial charge in [0.2, 0.25) is 5.70 Å². The predicted octanol–water partition coefficient (Wildman–Crippen LogP) is 3.27. The van der Waals surface area contributed by atoms with E-state index in [4.69, 9.17) is 9.47 Å². The fourth-order valence-corrected chi connectivity index (χ4v) is 2.86. The van der Waals surface area contributed by atoms with Gasteiger partial charge in [-0.2, -0.15) is 0 Å². The first-order valence-corrected chi connectivity index (χ1v) is 7.22. The highest BCUT2D eigenvalue weighted by atomic mass is 16.7. The lowest BCUT2D eigenvalue weighted by molar-refractivity contribution is -0.429. The van der Waals surface area contributed by atoms with Crippen molar-refractivity contribution in [3.05, 3.63) is 21.9 Å². The first kappa shape index (κ1) is 14.5. The third kappa shape index (κ3) is 4.28. The Hall–Kier alpha value is -0.940. The van der Waals surface area contributed by atoms with Crippen LogP contribution in [0.15, 0.2) is 11.8 Å². The molecule has 0 radical (unpaired) electrons. The van der Waals surface area contributed by atoms with Crippen LogP contribution in [0.4, 0.5) is 0 Å². The highest BCUT2D eigenvalue weighted by molar-refractivity contribution is 4.98. The van der Waals surface area contributed by atoms with Gasteiger partial charge in [0, 0.05) is 12.8 Å². The average molecular weight is 269 g/mol. The van der Waals surface area contributed by atoms with Gasteiger partial charge in [0.1, 0.15) is 0 Å². The zero-order valence-electron chi connectivity index (χ0n) is 11.6. The summed E-state index contributed by atoms with van der Waals surface area (Å²) in [6.45, 7) is 3.02. The third-order valence-corrected chi connectivity index (χ3v) is 4.05. The summed E-state index contributed by atoms with van der Waals surface area (Å²) in [6.07, 6.45) is 8.65. The van der Waals surface area contributed by atoms with Gasteiger partial charge in [-0.15, -0.1) is 0 Å². The second kappa shape index (κ2) is 6.48. The van der Waals surface area contributed by atoms with Crippen molar-refractivity contribution in [3.63, 3.8) is 0 Å². The summed E-state index contributed by atoms with van der Waals surface area (Å²) in [4.78, 5) is 10.9. The highest BCUT2D eigenvalue weighted by Gasteiger charge is 2.32. The molecule has 2 aliphatic rings. The molecule has 0 atom stereocenters. The Bertz CT molecular complexity index is 341. The SMILES string of the molecule is CC1(CC/C(=C\C2CCCCC2)[N+](=O)[O-])OCCO1. The summed E-state index contributed by atoms with van der Waals surface area (Å²) in [5.74, 6) is -0.255. The summed E-state index contributed by atoms with van der Waals surface area (Å²) in [6, 6.07) is 0. The number of ether oxygens (including phenoxy) is 2. The molecule has 0 aromatic heterocycles. The van der Waals surface area contributed by atoms with E-state index in [1.807, 2.05) is 13.0 Å². The molecule has 0 aromatic rings. The zero-order chi connectivity index (χ0) is 13.7. The minimum atomic E-state index is -0.637. The van der Waals surface area contributed by atoms with E-state index in [1.165, 1.54) is 19.3 Å². The lowest BCUT2D eigenvalue weighted by atomic mass is 9.88. The standard InChI is InChI=1S/C14H23NO4/c1-14(18-9-10-19-14)8-7-13(15(16)17)11-12-5-3-2-4-6-12/h11-12H,2-10H2,1H3/b13-11+. The topological polar surface area (TPSA) is 61.6 Å². The van der Waals surface area contributed by atoms with Crippen molar-refractivity contribution >= 4 is 0 Å². The van der Waals surface area contributed by atoms with Crippen LogP contribution in [0, 0.1) is 16.0 Å². The molecule has 1 saturated carbocycles. The molecule has 5 heteroatoms. The van der Waals surface area contributed by atoms with Crippen molar-refractivity contribution in [3.8, 4) is 0 Å². The minimum absolute atomic E-state index is 0.243.